The van der Waals surface area contributed by atoms with Crippen LogP contribution in [0, 0.1) is 0 Å². The molecule has 1 aliphatic carbocycles. The summed E-state index contributed by atoms with van der Waals surface area (Å²) in [6.45, 7) is 1.70. The van der Waals surface area contributed by atoms with Crippen LogP contribution in [0.3, 0.4) is 0 Å². The van der Waals surface area contributed by atoms with E-state index in [-0.39, 0.29) is 6.61 Å². The zero-order chi connectivity index (χ0) is 14.2. The first-order valence-corrected chi connectivity index (χ1v) is 7.74. The predicted molar refractivity (Wildman–Crippen MR) is 82.4 cm³/mol. The number of anilines is 1. The van der Waals surface area contributed by atoms with Crippen LogP contribution in [-0.4, -0.2) is 35.4 Å². The maximum atomic E-state index is 9.67. The molecule has 1 N–H and O–H groups in total. The average Bonchev–Trinajstić information content (AvgIpc) is 3.02. The Bertz CT molecular complexity index is 658. The van der Waals surface area contributed by atoms with Crippen LogP contribution in [0.25, 0.3) is 10.9 Å². The fourth-order valence-corrected chi connectivity index (χ4v) is 3.72. The molecule has 0 spiro atoms. The number of benzene rings is 1. The molecule has 0 amide bonds. The molecule has 2 atom stereocenters. The number of rotatable bonds is 2. The maximum absolute atomic E-state index is 9.67. The van der Waals surface area contributed by atoms with Gasteiger partial charge in [-0.1, -0.05) is 18.2 Å². The Hall–Kier alpha value is -1.65. The minimum absolute atomic E-state index is 0.0501. The standard InChI is InChI=1S/C17H20N2O2/c20-11-12-10-17(18-14-5-2-1-4-13(12)14)19-8-9-21-16-7-3-6-15(16)19/h1-2,4-5,10,15-16,20H,3,6-9,11H2. The van der Waals surface area contributed by atoms with Gasteiger partial charge in [-0.2, -0.15) is 0 Å². The summed E-state index contributed by atoms with van der Waals surface area (Å²) < 4.78 is 5.88. The Balaban J connectivity index is 1.79. The van der Waals surface area contributed by atoms with Crippen LogP contribution in [0.5, 0.6) is 0 Å². The quantitative estimate of drug-likeness (QED) is 0.920. The van der Waals surface area contributed by atoms with E-state index in [0.717, 1.165) is 41.9 Å². The Morgan fingerprint density at radius 2 is 2.19 bits per heavy atom. The summed E-state index contributed by atoms with van der Waals surface area (Å²) in [5, 5.41) is 10.7. The summed E-state index contributed by atoms with van der Waals surface area (Å²) in [6.07, 6.45) is 3.91. The molecule has 2 unspecified atom stereocenters. The highest BCUT2D eigenvalue weighted by Gasteiger charge is 2.36. The van der Waals surface area contributed by atoms with Gasteiger partial charge < -0.3 is 14.7 Å². The highest BCUT2D eigenvalue weighted by Crippen LogP contribution is 2.33. The van der Waals surface area contributed by atoms with Crippen LogP contribution in [0.15, 0.2) is 30.3 Å². The molecular weight excluding hydrogens is 264 g/mol. The van der Waals surface area contributed by atoms with E-state index in [1.165, 1.54) is 12.8 Å². The average molecular weight is 284 g/mol. The highest BCUT2D eigenvalue weighted by atomic mass is 16.5. The van der Waals surface area contributed by atoms with E-state index < -0.39 is 0 Å². The first-order valence-electron chi connectivity index (χ1n) is 7.74. The molecule has 4 rings (SSSR count). The minimum Gasteiger partial charge on any atom is -0.392 e. The van der Waals surface area contributed by atoms with Gasteiger partial charge in [0, 0.05) is 11.9 Å². The van der Waals surface area contributed by atoms with E-state index in [9.17, 15) is 5.11 Å². The molecule has 4 nitrogen and oxygen atoms in total. The number of aliphatic hydroxyl groups is 1. The van der Waals surface area contributed by atoms with Crippen LogP contribution in [0.4, 0.5) is 5.82 Å². The molecule has 1 aliphatic heterocycles. The van der Waals surface area contributed by atoms with Crippen molar-refractivity contribution in [1.29, 1.82) is 0 Å². The number of nitrogens with zero attached hydrogens (tertiary/aromatic N) is 2. The summed E-state index contributed by atoms with van der Waals surface area (Å²) in [5.41, 5.74) is 1.91. The third-order valence-electron chi connectivity index (χ3n) is 4.74. The van der Waals surface area contributed by atoms with Gasteiger partial charge in [0.2, 0.25) is 0 Å². The van der Waals surface area contributed by atoms with Crippen molar-refractivity contribution in [1.82, 2.24) is 4.98 Å². The van der Waals surface area contributed by atoms with Gasteiger partial charge in [-0.15, -0.1) is 0 Å². The first-order chi connectivity index (χ1) is 10.4. The van der Waals surface area contributed by atoms with Gasteiger partial charge in [0.05, 0.1) is 30.9 Å². The molecule has 21 heavy (non-hydrogen) atoms. The normalized spacial score (nSPS) is 25.3. The lowest BCUT2D eigenvalue weighted by Gasteiger charge is -2.38. The van der Waals surface area contributed by atoms with Crippen molar-refractivity contribution in [3.8, 4) is 0 Å². The number of hydrogen-bond donors (Lipinski definition) is 1. The lowest BCUT2D eigenvalue weighted by molar-refractivity contribution is 0.0253. The van der Waals surface area contributed by atoms with Gasteiger partial charge in [0.25, 0.3) is 0 Å². The van der Waals surface area contributed by atoms with Crippen molar-refractivity contribution < 1.29 is 9.84 Å². The van der Waals surface area contributed by atoms with Gasteiger partial charge in [-0.05, 0) is 37.0 Å². The Kier molecular flexibility index (Phi) is 3.28. The molecule has 2 aromatic rings. The number of aromatic nitrogens is 1. The lowest BCUT2D eigenvalue weighted by Crippen LogP contribution is -2.49. The summed E-state index contributed by atoms with van der Waals surface area (Å²) >= 11 is 0. The van der Waals surface area contributed by atoms with Crippen molar-refractivity contribution in [3.63, 3.8) is 0 Å². The molecule has 0 radical (unpaired) electrons. The second-order valence-electron chi connectivity index (χ2n) is 5.92. The van der Waals surface area contributed by atoms with Gasteiger partial charge >= 0.3 is 0 Å². The molecule has 1 saturated carbocycles. The van der Waals surface area contributed by atoms with Crippen molar-refractivity contribution in [2.45, 2.75) is 38.0 Å². The van der Waals surface area contributed by atoms with E-state index >= 15 is 0 Å². The second kappa shape index (κ2) is 5.28. The molecule has 2 aliphatic rings. The number of para-hydroxylation sites is 1. The molecule has 2 heterocycles. The number of ether oxygens (including phenoxy) is 1. The molecule has 1 aromatic carbocycles. The Morgan fingerprint density at radius 3 is 3.10 bits per heavy atom. The number of aliphatic hydroxyl groups excluding tert-OH is 1. The fraction of sp³-hybridized carbons (Fsp3) is 0.471. The van der Waals surface area contributed by atoms with E-state index in [1.807, 2.05) is 30.3 Å². The van der Waals surface area contributed by atoms with E-state index in [4.69, 9.17) is 9.72 Å². The van der Waals surface area contributed by atoms with Gasteiger partial charge in [0.1, 0.15) is 5.82 Å². The number of fused-ring (bicyclic) bond motifs is 2. The molecule has 110 valence electrons. The summed E-state index contributed by atoms with van der Waals surface area (Å²) in [5.74, 6) is 0.984. The topological polar surface area (TPSA) is 45.6 Å². The van der Waals surface area contributed by atoms with Gasteiger partial charge in [-0.25, -0.2) is 4.98 Å². The second-order valence-corrected chi connectivity index (χ2v) is 5.92. The van der Waals surface area contributed by atoms with E-state index in [1.54, 1.807) is 0 Å². The van der Waals surface area contributed by atoms with Crippen LogP contribution >= 0.6 is 0 Å². The third kappa shape index (κ3) is 2.19. The highest BCUT2D eigenvalue weighted by molar-refractivity contribution is 5.84. The van der Waals surface area contributed by atoms with Crippen LogP contribution < -0.4 is 4.90 Å². The Morgan fingerprint density at radius 1 is 1.29 bits per heavy atom. The summed E-state index contributed by atoms with van der Waals surface area (Å²) in [4.78, 5) is 7.21. The molecule has 1 saturated heterocycles. The smallest absolute Gasteiger partial charge is 0.130 e. The number of morpholine rings is 1. The lowest BCUT2D eigenvalue weighted by atomic mass is 10.1. The number of pyridine rings is 1. The van der Waals surface area contributed by atoms with Crippen LogP contribution in [-0.2, 0) is 11.3 Å². The SMILES string of the molecule is OCc1cc(N2CCOC3CCCC32)nc2ccccc12. The Labute approximate surface area is 124 Å². The zero-order valence-corrected chi connectivity index (χ0v) is 12.0. The minimum atomic E-state index is 0.0501. The maximum Gasteiger partial charge on any atom is 0.130 e. The molecule has 4 heteroatoms. The number of hydrogen-bond acceptors (Lipinski definition) is 4. The fourth-order valence-electron chi connectivity index (χ4n) is 3.72. The zero-order valence-electron chi connectivity index (χ0n) is 12.0. The van der Waals surface area contributed by atoms with Crippen molar-refractivity contribution in [3.05, 3.63) is 35.9 Å². The molecule has 0 bridgehead atoms. The first kappa shape index (κ1) is 13.0. The van der Waals surface area contributed by atoms with E-state index in [2.05, 4.69) is 4.90 Å². The monoisotopic (exact) mass is 284 g/mol. The van der Waals surface area contributed by atoms with Gasteiger partial charge in [-0.3, -0.25) is 0 Å². The molecular formula is C17H20N2O2. The molecule has 1 aromatic heterocycles. The van der Waals surface area contributed by atoms with Crippen LogP contribution in [0.1, 0.15) is 24.8 Å². The largest absolute Gasteiger partial charge is 0.392 e. The van der Waals surface area contributed by atoms with Crippen molar-refractivity contribution in [2.24, 2.45) is 0 Å². The molecule has 2 fully saturated rings. The summed E-state index contributed by atoms with van der Waals surface area (Å²) in [6, 6.07) is 10.5. The van der Waals surface area contributed by atoms with Crippen molar-refractivity contribution in [2.75, 3.05) is 18.1 Å². The van der Waals surface area contributed by atoms with Crippen LogP contribution in [0.2, 0.25) is 0 Å². The summed E-state index contributed by atoms with van der Waals surface area (Å²) in [7, 11) is 0. The van der Waals surface area contributed by atoms with E-state index in [0.29, 0.717) is 12.1 Å². The van der Waals surface area contributed by atoms with Crippen molar-refractivity contribution >= 4 is 16.7 Å². The third-order valence-corrected chi connectivity index (χ3v) is 4.74. The predicted octanol–water partition coefficient (Wildman–Crippen LogP) is 2.48. The van der Waals surface area contributed by atoms with Gasteiger partial charge in [0.15, 0.2) is 0 Å².